The second-order valence-corrected chi connectivity index (χ2v) is 7.61. The maximum atomic E-state index is 12.5. The number of likely N-dealkylation sites (tertiary alicyclic amines) is 1. The Hall–Kier alpha value is -2.28. The predicted octanol–water partition coefficient (Wildman–Crippen LogP) is 3.74. The van der Waals surface area contributed by atoms with E-state index < -0.39 is 6.10 Å². The number of anilines is 1. The van der Waals surface area contributed by atoms with Gasteiger partial charge in [-0.05, 0) is 37.4 Å². The van der Waals surface area contributed by atoms with E-state index in [1.165, 1.54) is 14.2 Å². The first kappa shape index (κ1) is 21.4. The number of methoxy groups -OCH3 is 2. The summed E-state index contributed by atoms with van der Waals surface area (Å²) in [7, 11) is 3.05. The average Bonchev–Trinajstić information content (AvgIpc) is 2.75. The van der Waals surface area contributed by atoms with Gasteiger partial charge in [0.05, 0.1) is 37.6 Å². The lowest BCUT2D eigenvalue weighted by Crippen LogP contribution is -2.40. The molecule has 2 aromatic rings. The zero-order chi connectivity index (χ0) is 20.8. The maximum absolute atomic E-state index is 12.5. The fraction of sp³-hybridized carbons (Fsp3) is 0.409. The largest absolute Gasteiger partial charge is 0.495 e. The summed E-state index contributed by atoms with van der Waals surface area (Å²) in [6.07, 6.45) is 1.24. The predicted molar refractivity (Wildman–Crippen MR) is 114 cm³/mol. The summed E-state index contributed by atoms with van der Waals surface area (Å²) >= 11 is 6.11. The molecular weight excluding hydrogens is 392 g/mol. The van der Waals surface area contributed by atoms with E-state index in [0.29, 0.717) is 22.2 Å². The number of rotatable bonds is 7. The van der Waals surface area contributed by atoms with E-state index in [-0.39, 0.29) is 18.4 Å². The highest BCUT2D eigenvalue weighted by atomic mass is 35.5. The Balaban J connectivity index is 1.54. The van der Waals surface area contributed by atoms with Crippen molar-refractivity contribution in [3.8, 4) is 11.5 Å². The van der Waals surface area contributed by atoms with Gasteiger partial charge in [0.1, 0.15) is 11.5 Å². The van der Waals surface area contributed by atoms with Crippen molar-refractivity contribution < 1.29 is 19.4 Å². The number of ether oxygens (including phenoxy) is 2. The number of nitrogens with zero attached hydrogens (tertiary/aromatic N) is 1. The third kappa shape index (κ3) is 5.41. The number of hydrogen-bond acceptors (Lipinski definition) is 5. The smallest absolute Gasteiger partial charge is 0.238 e. The van der Waals surface area contributed by atoms with Gasteiger partial charge in [0, 0.05) is 12.1 Å². The first-order valence-corrected chi connectivity index (χ1v) is 10.1. The van der Waals surface area contributed by atoms with Crippen LogP contribution in [0.5, 0.6) is 11.5 Å². The van der Waals surface area contributed by atoms with Gasteiger partial charge in [-0.25, -0.2) is 0 Å². The maximum Gasteiger partial charge on any atom is 0.238 e. The quantitative estimate of drug-likeness (QED) is 0.716. The van der Waals surface area contributed by atoms with E-state index in [0.717, 1.165) is 31.5 Å². The van der Waals surface area contributed by atoms with Gasteiger partial charge in [0.15, 0.2) is 0 Å². The van der Waals surface area contributed by atoms with Gasteiger partial charge in [-0.3, -0.25) is 9.69 Å². The van der Waals surface area contributed by atoms with Gasteiger partial charge < -0.3 is 19.9 Å². The van der Waals surface area contributed by atoms with Gasteiger partial charge >= 0.3 is 0 Å². The molecule has 1 amide bonds. The zero-order valence-corrected chi connectivity index (χ0v) is 17.5. The first-order chi connectivity index (χ1) is 14.0. The van der Waals surface area contributed by atoms with E-state index in [1.54, 1.807) is 12.1 Å². The van der Waals surface area contributed by atoms with E-state index in [1.807, 2.05) is 30.3 Å². The van der Waals surface area contributed by atoms with Gasteiger partial charge in [-0.1, -0.05) is 41.9 Å². The van der Waals surface area contributed by atoms with Crippen LogP contribution >= 0.6 is 11.6 Å². The topological polar surface area (TPSA) is 71.0 Å². The van der Waals surface area contributed by atoms with Crippen LogP contribution in [0.25, 0.3) is 0 Å². The first-order valence-electron chi connectivity index (χ1n) is 9.68. The lowest BCUT2D eigenvalue weighted by molar-refractivity contribution is -0.117. The third-order valence-electron chi connectivity index (χ3n) is 5.34. The molecule has 6 nitrogen and oxygen atoms in total. The van der Waals surface area contributed by atoms with Crippen LogP contribution in [-0.4, -0.2) is 49.8 Å². The Morgan fingerprint density at radius 3 is 2.45 bits per heavy atom. The SMILES string of the molecule is COc1cc(NC(=O)CN2CCC(C(O)c3ccccc3)CC2)c(OC)cc1Cl. The monoisotopic (exact) mass is 418 g/mol. The van der Waals surface area contributed by atoms with Crippen molar-refractivity contribution in [3.63, 3.8) is 0 Å². The highest BCUT2D eigenvalue weighted by Gasteiger charge is 2.27. The van der Waals surface area contributed by atoms with Crippen molar-refractivity contribution in [3.05, 3.63) is 53.1 Å². The van der Waals surface area contributed by atoms with Gasteiger partial charge in [0.2, 0.25) is 5.91 Å². The lowest BCUT2D eigenvalue weighted by atomic mass is 9.87. The molecule has 156 valence electrons. The second kappa shape index (κ2) is 9.96. The molecule has 7 heteroatoms. The number of benzene rings is 2. The molecule has 0 radical (unpaired) electrons. The highest BCUT2D eigenvalue weighted by molar-refractivity contribution is 6.32. The van der Waals surface area contributed by atoms with Crippen LogP contribution < -0.4 is 14.8 Å². The minimum atomic E-state index is -0.460. The summed E-state index contributed by atoms with van der Waals surface area (Å²) in [5, 5.41) is 13.9. The number of piperidine rings is 1. The van der Waals surface area contributed by atoms with Crippen molar-refractivity contribution in [1.29, 1.82) is 0 Å². The van der Waals surface area contributed by atoms with Crippen molar-refractivity contribution >= 4 is 23.2 Å². The molecule has 0 spiro atoms. The van der Waals surface area contributed by atoms with E-state index in [9.17, 15) is 9.90 Å². The molecule has 2 N–H and O–H groups in total. The molecule has 1 heterocycles. The van der Waals surface area contributed by atoms with Crippen LogP contribution in [0.2, 0.25) is 5.02 Å². The van der Waals surface area contributed by atoms with Crippen LogP contribution in [0.1, 0.15) is 24.5 Å². The molecule has 0 saturated carbocycles. The Bertz CT molecular complexity index is 823. The van der Waals surface area contributed by atoms with E-state index >= 15 is 0 Å². The minimum absolute atomic E-state index is 0.130. The van der Waals surface area contributed by atoms with Crippen LogP contribution in [-0.2, 0) is 4.79 Å². The van der Waals surface area contributed by atoms with Crippen molar-refractivity contribution in [2.24, 2.45) is 5.92 Å². The normalized spacial score (nSPS) is 16.3. The molecule has 3 rings (SSSR count). The Morgan fingerprint density at radius 2 is 1.83 bits per heavy atom. The summed E-state index contributed by atoms with van der Waals surface area (Å²) in [5.74, 6) is 1.03. The number of halogens is 1. The van der Waals surface area contributed by atoms with Crippen molar-refractivity contribution in [1.82, 2.24) is 4.90 Å². The van der Waals surface area contributed by atoms with Gasteiger partial charge in [-0.15, -0.1) is 0 Å². The van der Waals surface area contributed by atoms with Crippen molar-refractivity contribution in [2.45, 2.75) is 18.9 Å². The molecule has 1 aliphatic heterocycles. The standard InChI is InChI=1S/C22H27ClN2O4/c1-28-19-13-18(20(29-2)12-17(19)23)24-21(26)14-25-10-8-16(9-11-25)22(27)15-6-4-3-5-7-15/h3-7,12-13,16,22,27H,8-11,14H2,1-2H3,(H,24,26). The molecular formula is C22H27ClN2O4. The summed E-state index contributed by atoms with van der Waals surface area (Å²) in [5.41, 5.74) is 1.47. The van der Waals surface area contributed by atoms with Crippen molar-refractivity contribution in [2.75, 3.05) is 39.2 Å². The molecule has 0 bridgehead atoms. The summed E-state index contributed by atoms with van der Waals surface area (Å²) in [4.78, 5) is 14.6. The molecule has 1 unspecified atom stereocenters. The number of carbonyl (C=O) groups is 1. The molecule has 0 aliphatic carbocycles. The highest BCUT2D eigenvalue weighted by Crippen LogP contribution is 2.36. The minimum Gasteiger partial charge on any atom is -0.495 e. The molecule has 1 fully saturated rings. The molecule has 1 aliphatic rings. The number of nitrogens with one attached hydrogen (secondary N) is 1. The summed E-state index contributed by atoms with van der Waals surface area (Å²) < 4.78 is 10.5. The van der Waals surface area contributed by atoms with Crippen LogP contribution in [0, 0.1) is 5.92 Å². The summed E-state index contributed by atoms with van der Waals surface area (Å²) in [6, 6.07) is 13.0. The van der Waals surface area contributed by atoms with Gasteiger partial charge in [-0.2, -0.15) is 0 Å². The fourth-order valence-corrected chi connectivity index (χ4v) is 3.93. The van der Waals surface area contributed by atoms with E-state index in [4.69, 9.17) is 21.1 Å². The van der Waals surface area contributed by atoms with Crippen LogP contribution in [0.15, 0.2) is 42.5 Å². The molecule has 0 aromatic heterocycles. The number of hydrogen-bond donors (Lipinski definition) is 2. The Morgan fingerprint density at radius 1 is 1.17 bits per heavy atom. The molecule has 1 atom stereocenters. The molecule has 1 saturated heterocycles. The lowest BCUT2D eigenvalue weighted by Gasteiger charge is -2.34. The number of amides is 1. The Labute approximate surface area is 176 Å². The van der Waals surface area contributed by atoms with E-state index in [2.05, 4.69) is 10.2 Å². The van der Waals surface area contributed by atoms with Crippen LogP contribution in [0.3, 0.4) is 0 Å². The third-order valence-corrected chi connectivity index (χ3v) is 5.63. The fourth-order valence-electron chi connectivity index (χ4n) is 3.70. The number of aliphatic hydroxyl groups is 1. The number of aliphatic hydroxyl groups excluding tert-OH is 1. The average molecular weight is 419 g/mol. The summed E-state index contributed by atoms with van der Waals surface area (Å²) in [6.45, 7) is 1.81. The second-order valence-electron chi connectivity index (χ2n) is 7.20. The van der Waals surface area contributed by atoms with Crippen LogP contribution in [0.4, 0.5) is 5.69 Å². The number of carbonyl (C=O) groups excluding carboxylic acids is 1. The molecule has 29 heavy (non-hydrogen) atoms. The molecule has 2 aromatic carbocycles. The van der Waals surface area contributed by atoms with Gasteiger partial charge in [0.25, 0.3) is 0 Å². The Kier molecular flexibility index (Phi) is 7.36. The zero-order valence-electron chi connectivity index (χ0n) is 16.7.